The molecule has 19 heavy (non-hydrogen) atoms. The number of nitrogens with one attached hydrogen (secondary N) is 1. The lowest BCUT2D eigenvalue weighted by Crippen LogP contribution is -2.40. The highest BCUT2D eigenvalue weighted by atomic mass is 32.2. The molecule has 1 aromatic rings. The molecular weight excluding hydrogens is 266 g/mol. The fraction of sp³-hybridized carbons (Fsp3) is 0.583. The number of aryl methyl sites for hydroxylation is 1. The van der Waals surface area contributed by atoms with E-state index in [-0.39, 0.29) is 11.8 Å². The molecule has 0 aromatic carbocycles. The molecule has 1 rings (SSSR count). The topological polar surface area (TPSA) is 94.3 Å². The minimum atomic E-state index is -3.35. The lowest BCUT2D eigenvalue weighted by atomic mass is 10.2. The zero-order valence-electron chi connectivity index (χ0n) is 11.1. The van der Waals surface area contributed by atoms with Gasteiger partial charge < -0.3 is 10.5 Å². The van der Waals surface area contributed by atoms with Crippen LogP contribution in [0.4, 0.5) is 0 Å². The zero-order valence-corrected chi connectivity index (χ0v) is 11.9. The van der Waals surface area contributed by atoms with Gasteiger partial charge in [0.05, 0.1) is 12.4 Å². The van der Waals surface area contributed by atoms with Crippen molar-refractivity contribution in [2.75, 3.05) is 26.0 Å². The van der Waals surface area contributed by atoms with E-state index in [4.69, 9.17) is 10.5 Å². The SMILES string of the molecule is COCC(CCN)NS(=O)(=O)CCc1ccccn1. The van der Waals surface area contributed by atoms with Crippen LogP contribution in [0.3, 0.4) is 0 Å². The molecule has 1 aromatic heterocycles. The van der Waals surface area contributed by atoms with Crippen LogP contribution in [-0.2, 0) is 21.2 Å². The fourth-order valence-electron chi connectivity index (χ4n) is 1.68. The van der Waals surface area contributed by atoms with Crippen molar-refractivity contribution >= 4 is 10.0 Å². The number of nitrogens with zero attached hydrogens (tertiary/aromatic N) is 1. The first-order chi connectivity index (χ1) is 9.07. The van der Waals surface area contributed by atoms with Gasteiger partial charge in [-0.05, 0) is 25.1 Å². The molecular formula is C12H21N3O3S. The van der Waals surface area contributed by atoms with Crippen LogP contribution in [-0.4, -0.2) is 45.5 Å². The van der Waals surface area contributed by atoms with Gasteiger partial charge in [-0.15, -0.1) is 0 Å². The Balaban J connectivity index is 2.50. The number of nitrogens with two attached hydrogens (primary N) is 1. The minimum Gasteiger partial charge on any atom is -0.383 e. The first-order valence-corrected chi connectivity index (χ1v) is 7.81. The maximum absolute atomic E-state index is 11.9. The van der Waals surface area contributed by atoms with E-state index in [1.807, 2.05) is 12.1 Å². The Hall–Kier alpha value is -1.02. The minimum absolute atomic E-state index is 0.00873. The van der Waals surface area contributed by atoms with Crippen LogP contribution in [0.15, 0.2) is 24.4 Å². The summed E-state index contributed by atoms with van der Waals surface area (Å²) < 4.78 is 31.4. The van der Waals surface area contributed by atoms with Crippen molar-refractivity contribution in [1.29, 1.82) is 0 Å². The van der Waals surface area contributed by atoms with Gasteiger partial charge in [0.25, 0.3) is 0 Å². The van der Waals surface area contributed by atoms with Gasteiger partial charge in [0, 0.05) is 31.5 Å². The Labute approximate surface area is 114 Å². The summed E-state index contributed by atoms with van der Waals surface area (Å²) in [6, 6.07) is 5.17. The molecule has 0 aliphatic heterocycles. The third-order valence-electron chi connectivity index (χ3n) is 2.58. The second kappa shape index (κ2) is 8.21. The Bertz CT molecular complexity index is 445. The van der Waals surface area contributed by atoms with Gasteiger partial charge in [0.2, 0.25) is 10.0 Å². The highest BCUT2D eigenvalue weighted by molar-refractivity contribution is 7.89. The molecule has 1 unspecified atom stereocenters. The lowest BCUT2D eigenvalue weighted by molar-refractivity contribution is 0.172. The van der Waals surface area contributed by atoms with Crippen molar-refractivity contribution in [3.63, 3.8) is 0 Å². The van der Waals surface area contributed by atoms with E-state index in [0.717, 1.165) is 5.69 Å². The molecule has 0 spiro atoms. The zero-order chi connectivity index (χ0) is 14.1. The van der Waals surface area contributed by atoms with Gasteiger partial charge in [-0.2, -0.15) is 0 Å². The molecule has 0 radical (unpaired) electrons. The van der Waals surface area contributed by atoms with E-state index < -0.39 is 10.0 Å². The van der Waals surface area contributed by atoms with E-state index in [1.54, 1.807) is 12.3 Å². The van der Waals surface area contributed by atoms with E-state index in [9.17, 15) is 8.42 Å². The molecule has 6 nitrogen and oxygen atoms in total. The smallest absolute Gasteiger partial charge is 0.212 e. The van der Waals surface area contributed by atoms with Gasteiger partial charge in [-0.3, -0.25) is 4.98 Å². The second-order valence-corrected chi connectivity index (χ2v) is 6.11. The highest BCUT2D eigenvalue weighted by Gasteiger charge is 2.17. The number of aromatic nitrogens is 1. The number of hydrogen-bond donors (Lipinski definition) is 2. The monoisotopic (exact) mass is 287 g/mol. The second-order valence-electron chi connectivity index (χ2n) is 4.24. The van der Waals surface area contributed by atoms with E-state index >= 15 is 0 Å². The number of sulfonamides is 1. The summed E-state index contributed by atoms with van der Waals surface area (Å²) >= 11 is 0. The lowest BCUT2D eigenvalue weighted by Gasteiger charge is -2.17. The summed E-state index contributed by atoms with van der Waals surface area (Å²) in [6.45, 7) is 0.733. The Morgan fingerprint density at radius 3 is 2.84 bits per heavy atom. The molecule has 3 N–H and O–H groups in total. The highest BCUT2D eigenvalue weighted by Crippen LogP contribution is 2.00. The van der Waals surface area contributed by atoms with Gasteiger partial charge in [0.1, 0.15) is 0 Å². The van der Waals surface area contributed by atoms with Crippen LogP contribution in [0.5, 0.6) is 0 Å². The van der Waals surface area contributed by atoms with Crippen molar-refractivity contribution in [2.45, 2.75) is 18.9 Å². The van der Waals surface area contributed by atoms with Crippen LogP contribution in [0, 0.1) is 0 Å². The maximum Gasteiger partial charge on any atom is 0.212 e. The summed E-state index contributed by atoms with van der Waals surface area (Å²) in [5.41, 5.74) is 6.20. The molecule has 1 heterocycles. The summed E-state index contributed by atoms with van der Waals surface area (Å²) in [7, 11) is -1.82. The number of rotatable bonds is 9. The quantitative estimate of drug-likeness (QED) is 0.662. The first-order valence-electron chi connectivity index (χ1n) is 6.16. The molecule has 108 valence electrons. The predicted octanol–water partition coefficient (Wildman–Crippen LogP) is -0.0927. The van der Waals surface area contributed by atoms with Crippen LogP contribution >= 0.6 is 0 Å². The molecule has 0 amide bonds. The largest absolute Gasteiger partial charge is 0.383 e. The van der Waals surface area contributed by atoms with E-state index in [1.165, 1.54) is 7.11 Å². The molecule has 0 saturated heterocycles. The Morgan fingerprint density at radius 1 is 1.47 bits per heavy atom. The summed E-state index contributed by atoms with van der Waals surface area (Å²) in [4.78, 5) is 4.10. The molecule has 7 heteroatoms. The van der Waals surface area contributed by atoms with Crippen molar-refractivity contribution in [1.82, 2.24) is 9.71 Å². The first kappa shape index (κ1) is 16.0. The van der Waals surface area contributed by atoms with Crippen LogP contribution in [0.25, 0.3) is 0 Å². The average Bonchev–Trinajstić information content (AvgIpc) is 2.38. The third kappa shape index (κ3) is 6.63. The molecule has 0 bridgehead atoms. The normalized spacial score (nSPS) is 13.4. The van der Waals surface area contributed by atoms with Gasteiger partial charge in [-0.1, -0.05) is 6.07 Å². The maximum atomic E-state index is 11.9. The number of hydrogen-bond acceptors (Lipinski definition) is 5. The molecule has 0 aliphatic carbocycles. The molecule has 0 aliphatic rings. The van der Waals surface area contributed by atoms with Gasteiger partial charge in [-0.25, -0.2) is 13.1 Å². The summed E-state index contributed by atoms with van der Waals surface area (Å²) in [5.74, 6) is 0.00873. The number of pyridine rings is 1. The van der Waals surface area contributed by atoms with Crippen molar-refractivity contribution in [3.8, 4) is 0 Å². The Kier molecular flexibility index (Phi) is 6.93. The number of ether oxygens (including phenoxy) is 1. The molecule has 1 atom stereocenters. The predicted molar refractivity (Wildman–Crippen MR) is 74.2 cm³/mol. The van der Waals surface area contributed by atoms with Crippen LogP contribution < -0.4 is 10.5 Å². The van der Waals surface area contributed by atoms with Crippen molar-refractivity contribution in [3.05, 3.63) is 30.1 Å². The molecule has 0 fully saturated rings. The van der Waals surface area contributed by atoms with Gasteiger partial charge in [0.15, 0.2) is 0 Å². The van der Waals surface area contributed by atoms with Crippen molar-refractivity contribution < 1.29 is 13.2 Å². The third-order valence-corrected chi connectivity index (χ3v) is 4.02. The van der Waals surface area contributed by atoms with E-state index in [2.05, 4.69) is 9.71 Å². The Morgan fingerprint density at radius 2 is 2.26 bits per heavy atom. The van der Waals surface area contributed by atoms with Gasteiger partial charge >= 0.3 is 0 Å². The van der Waals surface area contributed by atoms with Crippen LogP contribution in [0.2, 0.25) is 0 Å². The van der Waals surface area contributed by atoms with Crippen LogP contribution in [0.1, 0.15) is 12.1 Å². The van der Waals surface area contributed by atoms with Crippen molar-refractivity contribution in [2.24, 2.45) is 5.73 Å². The average molecular weight is 287 g/mol. The standard InChI is InChI=1S/C12H21N3O3S/c1-18-10-12(5-7-13)15-19(16,17)9-6-11-4-2-3-8-14-11/h2-4,8,12,15H,5-7,9-10,13H2,1H3. The van der Waals surface area contributed by atoms with E-state index in [0.29, 0.717) is 26.0 Å². The fourth-order valence-corrected chi connectivity index (χ4v) is 2.97. The molecule has 0 saturated carbocycles. The summed E-state index contributed by atoms with van der Waals surface area (Å²) in [6.07, 6.45) is 2.59. The summed E-state index contributed by atoms with van der Waals surface area (Å²) in [5, 5.41) is 0. The number of methoxy groups -OCH3 is 1.